The summed E-state index contributed by atoms with van der Waals surface area (Å²) < 4.78 is 7.14. The number of tetrazole rings is 1. The van der Waals surface area contributed by atoms with E-state index in [-0.39, 0.29) is 10.9 Å². The number of carbonyl (C=O) groups is 1. The summed E-state index contributed by atoms with van der Waals surface area (Å²) in [6, 6.07) is 10.4. The first kappa shape index (κ1) is 18.0. The van der Waals surface area contributed by atoms with Gasteiger partial charge in [0.25, 0.3) is 5.91 Å². The molecule has 3 rings (SSSR count). The van der Waals surface area contributed by atoms with E-state index in [4.69, 9.17) is 28.2 Å². The van der Waals surface area contributed by atoms with Crippen LogP contribution in [0.1, 0.15) is 23.9 Å². The Bertz CT molecular complexity index is 938. The lowest BCUT2D eigenvalue weighted by atomic mass is 10.2. The lowest BCUT2D eigenvalue weighted by molar-refractivity contribution is 0.0951. The van der Waals surface area contributed by atoms with Gasteiger partial charge in [0, 0.05) is 17.1 Å². The predicted octanol–water partition coefficient (Wildman–Crippen LogP) is 3.12. The van der Waals surface area contributed by atoms with Crippen LogP contribution in [0, 0.1) is 0 Å². The van der Waals surface area contributed by atoms with Crippen LogP contribution in [-0.2, 0) is 6.54 Å². The molecule has 0 aliphatic heterocycles. The zero-order valence-electron chi connectivity index (χ0n) is 13.8. The molecule has 0 unspecified atom stereocenters. The van der Waals surface area contributed by atoms with Crippen LogP contribution in [0.4, 0.5) is 5.95 Å². The first-order valence-electron chi connectivity index (χ1n) is 7.81. The summed E-state index contributed by atoms with van der Waals surface area (Å²) in [5.74, 6) is 0.530. The molecule has 0 atom stereocenters. The second-order valence-corrected chi connectivity index (χ2v) is 6.15. The molecule has 1 amide bonds. The summed E-state index contributed by atoms with van der Waals surface area (Å²) >= 11 is 11.1. The van der Waals surface area contributed by atoms with Crippen molar-refractivity contribution in [2.75, 3.05) is 5.32 Å². The van der Waals surface area contributed by atoms with Crippen molar-refractivity contribution in [3.05, 3.63) is 47.2 Å². The summed E-state index contributed by atoms with van der Waals surface area (Å²) in [5.41, 5.74) is 0.774. The number of anilines is 1. The van der Waals surface area contributed by atoms with E-state index in [0.717, 1.165) is 12.0 Å². The van der Waals surface area contributed by atoms with E-state index >= 15 is 0 Å². The van der Waals surface area contributed by atoms with Gasteiger partial charge in [-0.2, -0.15) is 0 Å². The minimum absolute atomic E-state index is 0.0721. The molecule has 0 fully saturated rings. The number of carbonyl (C=O) groups excluding carboxylic acids is 1. The quantitative estimate of drug-likeness (QED) is 0.646. The number of benzene rings is 1. The number of halogens is 1. The van der Waals surface area contributed by atoms with E-state index in [9.17, 15) is 4.79 Å². The maximum Gasteiger partial charge on any atom is 0.293 e. The normalized spacial score (nSPS) is 10.5. The Labute approximate surface area is 159 Å². The number of aromatic nitrogens is 4. The summed E-state index contributed by atoms with van der Waals surface area (Å²) in [7, 11) is 0. The SMILES string of the molecule is CCCn1nnnc1NC(=S)NC(=O)c1ccc(-c2cccc(Cl)c2)o1. The second kappa shape index (κ2) is 8.07. The lowest BCUT2D eigenvalue weighted by Gasteiger charge is -2.07. The van der Waals surface area contributed by atoms with Crippen molar-refractivity contribution in [2.24, 2.45) is 0 Å². The van der Waals surface area contributed by atoms with Gasteiger partial charge in [-0.1, -0.05) is 35.8 Å². The second-order valence-electron chi connectivity index (χ2n) is 5.31. The van der Waals surface area contributed by atoms with Gasteiger partial charge in [0.05, 0.1) is 0 Å². The number of hydrogen-bond donors (Lipinski definition) is 2. The highest BCUT2D eigenvalue weighted by Crippen LogP contribution is 2.24. The summed E-state index contributed by atoms with van der Waals surface area (Å²) in [5, 5.41) is 17.2. The highest BCUT2D eigenvalue weighted by Gasteiger charge is 2.15. The van der Waals surface area contributed by atoms with Gasteiger partial charge < -0.3 is 4.42 Å². The van der Waals surface area contributed by atoms with Crippen LogP contribution in [0.25, 0.3) is 11.3 Å². The van der Waals surface area contributed by atoms with Crippen molar-refractivity contribution >= 4 is 40.8 Å². The van der Waals surface area contributed by atoms with E-state index in [1.54, 1.807) is 35.0 Å². The zero-order chi connectivity index (χ0) is 18.5. The van der Waals surface area contributed by atoms with Crippen LogP contribution in [0.15, 0.2) is 40.8 Å². The summed E-state index contributed by atoms with van der Waals surface area (Å²) in [6.07, 6.45) is 0.859. The van der Waals surface area contributed by atoms with E-state index in [1.165, 1.54) is 0 Å². The topological polar surface area (TPSA) is 97.9 Å². The number of rotatable bonds is 5. The third kappa shape index (κ3) is 4.24. The van der Waals surface area contributed by atoms with Crippen molar-refractivity contribution in [3.8, 4) is 11.3 Å². The summed E-state index contributed by atoms with van der Waals surface area (Å²) in [6.45, 7) is 2.63. The van der Waals surface area contributed by atoms with E-state index in [0.29, 0.717) is 23.3 Å². The molecule has 1 aromatic carbocycles. The molecule has 10 heteroatoms. The molecule has 2 heterocycles. The smallest absolute Gasteiger partial charge is 0.293 e. The van der Waals surface area contributed by atoms with E-state index in [2.05, 4.69) is 26.2 Å². The molecule has 2 aromatic heterocycles. The molecule has 2 N–H and O–H groups in total. The number of thiocarbonyl (C=S) groups is 1. The number of nitrogens with one attached hydrogen (secondary N) is 2. The Morgan fingerprint density at radius 2 is 2.19 bits per heavy atom. The van der Waals surface area contributed by atoms with Crippen LogP contribution >= 0.6 is 23.8 Å². The Morgan fingerprint density at radius 1 is 1.35 bits per heavy atom. The fourth-order valence-electron chi connectivity index (χ4n) is 2.21. The van der Waals surface area contributed by atoms with Crippen LogP contribution in [0.2, 0.25) is 5.02 Å². The number of furan rings is 1. The fourth-order valence-corrected chi connectivity index (χ4v) is 2.59. The van der Waals surface area contributed by atoms with Crippen molar-refractivity contribution in [3.63, 3.8) is 0 Å². The zero-order valence-corrected chi connectivity index (χ0v) is 15.3. The third-order valence-corrected chi connectivity index (χ3v) is 3.80. The van der Waals surface area contributed by atoms with Gasteiger partial charge in [-0.3, -0.25) is 15.4 Å². The van der Waals surface area contributed by atoms with E-state index in [1.807, 2.05) is 13.0 Å². The monoisotopic (exact) mass is 390 g/mol. The number of hydrogen-bond acceptors (Lipinski definition) is 6. The maximum atomic E-state index is 12.3. The number of aryl methyl sites for hydroxylation is 1. The molecule has 0 saturated carbocycles. The molecule has 134 valence electrons. The molecule has 8 nitrogen and oxygen atoms in total. The summed E-state index contributed by atoms with van der Waals surface area (Å²) in [4.78, 5) is 12.3. The molecule has 3 aromatic rings. The van der Waals surface area contributed by atoms with E-state index < -0.39 is 5.91 Å². The van der Waals surface area contributed by atoms with Crippen LogP contribution < -0.4 is 10.6 Å². The first-order valence-corrected chi connectivity index (χ1v) is 8.59. The van der Waals surface area contributed by atoms with Gasteiger partial charge >= 0.3 is 0 Å². The third-order valence-electron chi connectivity index (χ3n) is 3.36. The highest BCUT2D eigenvalue weighted by molar-refractivity contribution is 7.80. The molecule has 0 spiro atoms. The van der Waals surface area contributed by atoms with Gasteiger partial charge in [0.1, 0.15) is 5.76 Å². The van der Waals surface area contributed by atoms with Gasteiger partial charge in [-0.25, -0.2) is 4.68 Å². The lowest BCUT2D eigenvalue weighted by Crippen LogP contribution is -2.34. The molecular weight excluding hydrogens is 376 g/mol. The van der Waals surface area contributed by atoms with Crippen molar-refractivity contribution in [1.82, 2.24) is 25.5 Å². The molecule has 0 bridgehead atoms. The molecular formula is C16H15ClN6O2S. The first-order chi connectivity index (χ1) is 12.6. The van der Waals surface area contributed by atoms with Crippen molar-refractivity contribution < 1.29 is 9.21 Å². The van der Waals surface area contributed by atoms with Gasteiger partial charge in [-0.15, -0.1) is 0 Å². The van der Waals surface area contributed by atoms with Crippen LogP contribution in [-0.4, -0.2) is 31.2 Å². The average Bonchev–Trinajstić information content (AvgIpc) is 3.25. The Balaban J connectivity index is 1.65. The Kier molecular flexibility index (Phi) is 5.59. The minimum atomic E-state index is -0.481. The number of amides is 1. The highest BCUT2D eigenvalue weighted by atomic mass is 35.5. The molecule has 0 aliphatic rings. The van der Waals surface area contributed by atoms with Gasteiger partial charge in [0.15, 0.2) is 10.9 Å². The molecule has 0 radical (unpaired) electrons. The Morgan fingerprint density at radius 3 is 2.96 bits per heavy atom. The maximum absolute atomic E-state index is 12.3. The largest absolute Gasteiger partial charge is 0.451 e. The molecule has 0 saturated heterocycles. The van der Waals surface area contributed by atoms with Gasteiger partial charge in [0.2, 0.25) is 5.95 Å². The minimum Gasteiger partial charge on any atom is -0.451 e. The number of nitrogens with zero attached hydrogens (tertiary/aromatic N) is 4. The molecule has 26 heavy (non-hydrogen) atoms. The fraction of sp³-hybridized carbons (Fsp3) is 0.188. The van der Waals surface area contributed by atoms with Gasteiger partial charge in [-0.05, 0) is 53.3 Å². The average molecular weight is 391 g/mol. The predicted molar refractivity (Wildman–Crippen MR) is 101 cm³/mol. The van der Waals surface area contributed by atoms with Crippen molar-refractivity contribution in [2.45, 2.75) is 19.9 Å². The van der Waals surface area contributed by atoms with Crippen LogP contribution in [0.5, 0.6) is 0 Å². The standard InChI is InChI=1S/C16H15ClN6O2S/c1-2-8-23-15(20-21-22-23)19-16(26)18-14(24)13-7-6-12(25-13)10-4-3-5-11(17)9-10/h3-7,9H,2,8H2,1H3,(H2,18,19,20,22,24,26). The molecule has 0 aliphatic carbocycles. The van der Waals surface area contributed by atoms with Crippen molar-refractivity contribution in [1.29, 1.82) is 0 Å². The Hall–Kier alpha value is -2.78. The van der Waals surface area contributed by atoms with Crippen LogP contribution in [0.3, 0.4) is 0 Å².